The van der Waals surface area contributed by atoms with E-state index in [1.165, 1.54) is 46.2 Å². The smallest absolute Gasteiger partial charge is 0.135 e. The highest BCUT2D eigenvalue weighted by Crippen LogP contribution is 2.38. The Hall–Kier alpha value is -2.02. The summed E-state index contributed by atoms with van der Waals surface area (Å²) < 4.78 is 6.08. The molecule has 1 heterocycles. The minimum atomic E-state index is 1.05. The van der Waals surface area contributed by atoms with Crippen molar-refractivity contribution < 1.29 is 4.42 Å². The quantitative estimate of drug-likeness (QED) is 0.581. The Kier molecular flexibility index (Phi) is 2.66. The first-order valence-corrected chi connectivity index (χ1v) is 7.43. The van der Waals surface area contributed by atoms with Crippen molar-refractivity contribution in [2.45, 2.75) is 32.6 Å². The molecule has 0 bridgehead atoms. The summed E-state index contributed by atoms with van der Waals surface area (Å²) in [5, 5.41) is 1.34. The van der Waals surface area contributed by atoms with Gasteiger partial charge >= 0.3 is 0 Å². The molecule has 1 aromatic heterocycles. The summed E-state index contributed by atoms with van der Waals surface area (Å²) in [6.07, 6.45) is 4.79. The number of aryl methyl sites for hydroxylation is 3. The van der Waals surface area contributed by atoms with Crippen LogP contribution in [0.15, 0.2) is 46.9 Å². The first-order chi connectivity index (χ1) is 9.83. The van der Waals surface area contributed by atoms with Crippen molar-refractivity contribution in [3.63, 3.8) is 0 Å². The second-order valence-corrected chi connectivity index (χ2v) is 5.76. The van der Waals surface area contributed by atoms with Gasteiger partial charge in [0.2, 0.25) is 0 Å². The second kappa shape index (κ2) is 4.52. The van der Waals surface area contributed by atoms with Crippen molar-refractivity contribution in [3.05, 3.63) is 59.4 Å². The molecule has 0 aliphatic heterocycles. The number of hydrogen-bond donors (Lipinski definition) is 0. The molecule has 0 atom stereocenters. The molecule has 0 fully saturated rings. The average Bonchev–Trinajstić information content (AvgIpc) is 2.85. The molecule has 1 aliphatic carbocycles. The SMILES string of the molecule is Cc1cccc(-c2cccc3oc4c(c23)CCCC4)c1. The van der Waals surface area contributed by atoms with E-state index in [-0.39, 0.29) is 0 Å². The van der Waals surface area contributed by atoms with Crippen molar-refractivity contribution in [1.82, 2.24) is 0 Å². The molecule has 3 aromatic rings. The normalized spacial score (nSPS) is 14.4. The van der Waals surface area contributed by atoms with Crippen molar-refractivity contribution >= 4 is 11.0 Å². The minimum absolute atomic E-state index is 1.05. The third-order valence-electron chi connectivity index (χ3n) is 4.31. The Balaban J connectivity index is 2.02. The Labute approximate surface area is 119 Å². The highest BCUT2D eigenvalue weighted by atomic mass is 16.3. The number of furan rings is 1. The summed E-state index contributed by atoms with van der Waals surface area (Å²) in [5.74, 6) is 1.21. The van der Waals surface area contributed by atoms with Gasteiger partial charge in [-0.05, 0) is 43.4 Å². The van der Waals surface area contributed by atoms with E-state index in [0.29, 0.717) is 0 Å². The highest BCUT2D eigenvalue weighted by Gasteiger charge is 2.20. The summed E-state index contributed by atoms with van der Waals surface area (Å²) in [5.41, 5.74) is 6.42. The van der Waals surface area contributed by atoms with Crippen LogP contribution in [0.3, 0.4) is 0 Å². The van der Waals surface area contributed by atoms with Crippen molar-refractivity contribution in [3.8, 4) is 11.1 Å². The average molecular weight is 262 g/mol. The summed E-state index contributed by atoms with van der Waals surface area (Å²) in [6, 6.07) is 15.2. The van der Waals surface area contributed by atoms with E-state index in [2.05, 4.69) is 49.4 Å². The number of benzene rings is 2. The van der Waals surface area contributed by atoms with Crippen molar-refractivity contribution in [1.29, 1.82) is 0 Å². The van der Waals surface area contributed by atoms with Gasteiger partial charge in [-0.3, -0.25) is 0 Å². The Morgan fingerprint density at radius 2 is 1.80 bits per heavy atom. The number of hydrogen-bond acceptors (Lipinski definition) is 1. The molecule has 0 amide bonds. The van der Waals surface area contributed by atoms with Gasteiger partial charge in [-0.25, -0.2) is 0 Å². The van der Waals surface area contributed by atoms with Gasteiger partial charge in [-0.1, -0.05) is 42.0 Å². The van der Waals surface area contributed by atoms with Crippen LogP contribution < -0.4 is 0 Å². The van der Waals surface area contributed by atoms with E-state index in [9.17, 15) is 0 Å². The first-order valence-electron chi connectivity index (χ1n) is 7.43. The molecule has 2 aromatic carbocycles. The van der Waals surface area contributed by atoms with Crippen LogP contribution in [0.4, 0.5) is 0 Å². The van der Waals surface area contributed by atoms with Crippen LogP contribution in [0.5, 0.6) is 0 Å². The van der Waals surface area contributed by atoms with Gasteiger partial charge in [-0.2, -0.15) is 0 Å². The number of fused-ring (bicyclic) bond motifs is 3. The summed E-state index contributed by atoms with van der Waals surface area (Å²) in [4.78, 5) is 0. The van der Waals surface area contributed by atoms with Gasteiger partial charge in [0.25, 0.3) is 0 Å². The lowest BCUT2D eigenvalue weighted by Crippen LogP contribution is -1.99. The molecule has 0 radical (unpaired) electrons. The molecule has 1 aliphatic rings. The zero-order valence-corrected chi connectivity index (χ0v) is 11.8. The zero-order chi connectivity index (χ0) is 13.5. The third-order valence-corrected chi connectivity index (χ3v) is 4.31. The predicted octanol–water partition coefficient (Wildman–Crippen LogP) is 5.29. The molecular formula is C19H18O. The lowest BCUT2D eigenvalue weighted by atomic mass is 9.91. The summed E-state index contributed by atoms with van der Waals surface area (Å²) in [6.45, 7) is 2.15. The zero-order valence-electron chi connectivity index (χ0n) is 11.8. The predicted molar refractivity (Wildman–Crippen MR) is 83.0 cm³/mol. The van der Waals surface area contributed by atoms with Crippen LogP contribution in [-0.2, 0) is 12.8 Å². The summed E-state index contributed by atoms with van der Waals surface area (Å²) in [7, 11) is 0. The molecule has 1 heteroatoms. The van der Waals surface area contributed by atoms with Crippen LogP contribution in [0.25, 0.3) is 22.1 Å². The molecule has 0 saturated carbocycles. The molecule has 4 rings (SSSR count). The highest BCUT2D eigenvalue weighted by molar-refractivity contribution is 5.97. The molecule has 0 spiro atoms. The Morgan fingerprint density at radius 1 is 0.950 bits per heavy atom. The molecule has 100 valence electrons. The lowest BCUT2D eigenvalue weighted by molar-refractivity contribution is 0.506. The van der Waals surface area contributed by atoms with Crippen LogP contribution in [-0.4, -0.2) is 0 Å². The fourth-order valence-electron chi connectivity index (χ4n) is 3.37. The van der Waals surface area contributed by atoms with E-state index in [1.54, 1.807) is 0 Å². The number of rotatable bonds is 1. The van der Waals surface area contributed by atoms with Gasteiger partial charge < -0.3 is 4.42 Å². The molecule has 20 heavy (non-hydrogen) atoms. The van der Waals surface area contributed by atoms with Gasteiger partial charge in [0.15, 0.2) is 0 Å². The maximum atomic E-state index is 6.08. The fourth-order valence-corrected chi connectivity index (χ4v) is 3.37. The molecular weight excluding hydrogens is 244 g/mol. The van der Waals surface area contributed by atoms with Gasteiger partial charge in [-0.15, -0.1) is 0 Å². The van der Waals surface area contributed by atoms with Crippen molar-refractivity contribution in [2.24, 2.45) is 0 Å². The van der Waals surface area contributed by atoms with Crippen LogP contribution in [0.1, 0.15) is 29.7 Å². The Bertz CT molecular complexity index is 780. The van der Waals surface area contributed by atoms with E-state index >= 15 is 0 Å². The van der Waals surface area contributed by atoms with Crippen LogP contribution in [0, 0.1) is 6.92 Å². The second-order valence-electron chi connectivity index (χ2n) is 5.76. The monoisotopic (exact) mass is 262 g/mol. The molecule has 0 unspecified atom stereocenters. The van der Waals surface area contributed by atoms with E-state index < -0.39 is 0 Å². The largest absolute Gasteiger partial charge is 0.461 e. The van der Waals surface area contributed by atoms with Crippen LogP contribution in [0.2, 0.25) is 0 Å². The fraction of sp³-hybridized carbons (Fsp3) is 0.263. The topological polar surface area (TPSA) is 13.1 Å². The van der Waals surface area contributed by atoms with Gasteiger partial charge in [0, 0.05) is 17.4 Å². The van der Waals surface area contributed by atoms with E-state index in [4.69, 9.17) is 4.42 Å². The molecule has 0 N–H and O–H groups in total. The Morgan fingerprint density at radius 3 is 2.70 bits per heavy atom. The molecule has 0 saturated heterocycles. The van der Waals surface area contributed by atoms with E-state index in [1.807, 2.05) is 0 Å². The lowest BCUT2D eigenvalue weighted by Gasteiger charge is -2.11. The van der Waals surface area contributed by atoms with Gasteiger partial charge in [0.1, 0.15) is 11.3 Å². The molecule has 1 nitrogen and oxygen atoms in total. The maximum Gasteiger partial charge on any atom is 0.135 e. The third kappa shape index (κ3) is 1.77. The minimum Gasteiger partial charge on any atom is -0.461 e. The van der Waals surface area contributed by atoms with Gasteiger partial charge in [0.05, 0.1) is 0 Å². The van der Waals surface area contributed by atoms with Crippen molar-refractivity contribution in [2.75, 3.05) is 0 Å². The van der Waals surface area contributed by atoms with E-state index in [0.717, 1.165) is 18.4 Å². The standard InChI is InChI=1S/C19H18O/c1-13-6-4-7-14(12-13)15-9-5-11-18-19(15)16-8-2-3-10-17(16)20-18/h4-7,9,11-12H,2-3,8,10H2,1H3. The maximum absolute atomic E-state index is 6.08. The first kappa shape index (κ1) is 11.8. The van der Waals surface area contributed by atoms with Crippen LogP contribution >= 0.6 is 0 Å². The summed E-state index contributed by atoms with van der Waals surface area (Å²) >= 11 is 0.